The summed E-state index contributed by atoms with van der Waals surface area (Å²) in [5.41, 5.74) is 18.1. The third kappa shape index (κ3) is 5.51. The van der Waals surface area contributed by atoms with E-state index in [1.165, 1.54) is 44.8 Å². The summed E-state index contributed by atoms with van der Waals surface area (Å²) < 4.78 is 9.00. The van der Waals surface area contributed by atoms with Crippen molar-refractivity contribution < 1.29 is 4.42 Å². The molecule has 4 nitrogen and oxygen atoms in total. The highest BCUT2D eigenvalue weighted by Gasteiger charge is 2.45. The van der Waals surface area contributed by atoms with Crippen LogP contribution in [0.15, 0.2) is 205 Å². The number of fused-ring (bicyclic) bond motifs is 6. The fourth-order valence-corrected chi connectivity index (χ4v) is 9.55. The Kier molecular flexibility index (Phi) is 8.18. The lowest BCUT2D eigenvalue weighted by Crippen LogP contribution is -2.21. The lowest BCUT2D eigenvalue weighted by Gasteiger charge is -2.33. The highest BCUT2D eigenvalue weighted by molar-refractivity contribution is 6.07. The minimum atomic E-state index is -0.430. The first-order valence-electron chi connectivity index (χ1n) is 20.4. The fraction of sp³-hybridized carbons (Fsp3) is 0.0536. The van der Waals surface area contributed by atoms with Crippen molar-refractivity contribution in [2.45, 2.75) is 19.3 Å². The van der Waals surface area contributed by atoms with Gasteiger partial charge in [0.05, 0.1) is 28.7 Å². The Labute approximate surface area is 349 Å². The molecule has 0 fully saturated rings. The Morgan fingerprint density at radius 3 is 1.77 bits per heavy atom. The molecule has 10 aromatic rings. The molecule has 60 heavy (non-hydrogen) atoms. The molecule has 0 N–H and O–H groups in total. The number of rotatable bonds is 7. The van der Waals surface area contributed by atoms with Gasteiger partial charge in [0.1, 0.15) is 11.2 Å². The quantitative estimate of drug-likeness (QED) is 0.162. The highest BCUT2D eigenvalue weighted by atomic mass is 16.3. The van der Waals surface area contributed by atoms with Crippen LogP contribution in [-0.4, -0.2) is 4.57 Å². The predicted octanol–water partition coefficient (Wildman–Crippen LogP) is 15.0. The molecular weight excluding hydrogens is 731 g/mol. The fourth-order valence-electron chi connectivity index (χ4n) is 9.55. The van der Waals surface area contributed by atoms with Gasteiger partial charge >= 0.3 is 0 Å². The molecule has 0 unspecified atom stereocenters. The number of furan rings is 1. The molecule has 11 rings (SSSR count). The average Bonchev–Trinajstić information content (AvgIpc) is 3.94. The normalized spacial score (nSPS) is 12.6. The topological polar surface area (TPSA) is 45.1 Å². The van der Waals surface area contributed by atoms with E-state index in [0.29, 0.717) is 5.56 Å². The zero-order valence-corrected chi connectivity index (χ0v) is 33.3. The van der Waals surface area contributed by atoms with Gasteiger partial charge in [0.2, 0.25) is 0 Å². The maximum atomic E-state index is 9.42. The molecule has 0 radical (unpaired) electrons. The molecule has 0 bridgehead atoms. The molecule has 284 valence electrons. The molecule has 2 heterocycles. The summed E-state index contributed by atoms with van der Waals surface area (Å²) in [6.45, 7) is 4.79. The predicted molar refractivity (Wildman–Crippen MR) is 246 cm³/mol. The Hall–Kier alpha value is -7.87. The summed E-state index contributed by atoms with van der Waals surface area (Å²) in [6.07, 6.45) is 0. The lowest BCUT2D eigenvalue weighted by atomic mass is 9.79. The Morgan fingerprint density at radius 1 is 0.500 bits per heavy atom. The van der Waals surface area contributed by atoms with E-state index in [1.807, 2.05) is 36.4 Å². The molecule has 1 aliphatic rings. The van der Waals surface area contributed by atoms with Crippen LogP contribution in [0.3, 0.4) is 0 Å². The average molecular weight is 770 g/mol. The van der Waals surface area contributed by atoms with Crippen LogP contribution in [0.1, 0.15) is 30.5 Å². The van der Waals surface area contributed by atoms with Gasteiger partial charge in [-0.25, -0.2) is 0 Å². The summed E-state index contributed by atoms with van der Waals surface area (Å²) in [4.78, 5) is 2.40. The maximum absolute atomic E-state index is 9.42. The van der Waals surface area contributed by atoms with Crippen molar-refractivity contribution >= 4 is 39.0 Å². The van der Waals surface area contributed by atoms with Crippen LogP contribution in [-0.2, 0) is 5.41 Å². The third-order valence-electron chi connectivity index (χ3n) is 12.2. The van der Waals surface area contributed by atoms with Crippen LogP contribution in [0, 0.1) is 11.3 Å². The van der Waals surface area contributed by atoms with Crippen LogP contribution >= 0.6 is 0 Å². The van der Waals surface area contributed by atoms with Gasteiger partial charge in [-0.05, 0) is 99.6 Å². The van der Waals surface area contributed by atoms with Gasteiger partial charge < -0.3 is 13.9 Å². The number of para-hydroxylation sites is 2. The monoisotopic (exact) mass is 769 g/mol. The molecule has 2 aromatic heterocycles. The standard InChI is InChI=1S/C56H39N3O/c1-56(2)52-47(51-53(56)55(41-17-8-4-9-18-41)59(42-19-10-5-11-20-42)54(51)40-15-6-3-7-16-40)22-14-23-48(52)58(43-31-29-39(30-32-43)38-27-25-37(36-57)26-28-38)44-33-34-46-45-21-12-13-24-49(45)60-50(46)35-44/h3-35H,1-2H3. The molecular formula is C56H39N3O. The van der Waals surface area contributed by atoms with Crippen molar-refractivity contribution in [1.82, 2.24) is 4.57 Å². The van der Waals surface area contributed by atoms with Gasteiger partial charge in [0, 0.05) is 44.9 Å². The zero-order valence-electron chi connectivity index (χ0n) is 33.3. The van der Waals surface area contributed by atoms with Gasteiger partial charge in [-0.3, -0.25) is 0 Å². The SMILES string of the molecule is CC1(C)c2c(cccc2N(c2ccc(-c3ccc(C#N)cc3)cc2)c2ccc3c(c2)oc2ccccc23)-c2c1c(-c1ccccc1)n(-c1ccccc1)c2-c1ccccc1. The van der Waals surface area contributed by atoms with Gasteiger partial charge in [0.25, 0.3) is 0 Å². The smallest absolute Gasteiger partial charge is 0.137 e. The molecule has 0 aliphatic heterocycles. The Balaban J connectivity index is 1.18. The van der Waals surface area contributed by atoms with E-state index >= 15 is 0 Å². The summed E-state index contributed by atoms with van der Waals surface area (Å²) in [6, 6.07) is 73.0. The molecule has 0 saturated carbocycles. The van der Waals surface area contributed by atoms with Gasteiger partial charge in [-0.1, -0.05) is 147 Å². The molecule has 0 amide bonds. The van der Waals surface area contributed by atoms with Crippen molar-refractivity contribution in [1.29, 1.82) is 5.26 Å². The van der Waals surface area contributed by atoms with Crippen LogP contribution in [0.25, 0.3) is 72.4 Å². The van der Waals surface area contributed by atoms with E-state index < -0.39 is 5.41 Å². The number of anilines is 3. The summed E-state index contributed by atoms with van der Waals surface area (Å²) in [7, 11) is 0. The van der Waals surface area contributed by atoms with Gasteiger partial charge in [-0.2, -0.15) is 5.26 Å². The van der Waals surface area contributed by atoms with E-state index in [1.54, 1.807) is 0 Å². The van der Waals surface area contributed by atoms with Crippen molar-refractivity contribution in [3.63, 3.8) is 0 Å². The molecule has 0 spiro atoms. The minimum Gasteiger partial charge on any atom is -0.456 e. The van der Waals surface area contributed by atoms with Crippen LogP contribution in [0.2, 0.25) is 0 Å². The van der Waals surface area contributed by atoms with E-state index in [-0.39, 0.29) is 0 Å². The molecule has 8 aromatic carbocycles. The minimum absolute atomic E-state index is 0.430. The van der Waals surface area contributed by atoms with Crippen LogP contribution in [0.5, 0.6) is 0 Å². The summed E-state index contributed by atoms with van der Waals surface area (Å²) >= 11 is 0. The second-order valence-electron chi connectivity index (χ2n) is 16.0. The Bertz CT molecular complexity index is 3260. The van der Waals surface area contributed by atoms with Crippen molar-refractivity contribution in [2.24, 2.45) is 0 Å². The molecule has 1 aliphatic carbocycles. The van der Waals surface area contributed by atoms with Crippen LogP contribution in [0.4, 0.5) is 17.1 Å². The van der Waals surface area contributed by atoms with E-state index in [0.717, 1.165) is 55.8 Å². The maximum Gasteiger partial charge on any atom is 0.137 e. The van der Waals surface area contributed by atoms with E-state index in [2.05, 4.69) is 193 Å². The third-order valence-corrected chi connectivity index (χ3v) is 12.2. The summed E-state index contributed by atoms with van der Waals surface area (Å²) in [5.74, 6) is 0. The first kappa shape index (κ1) is 35.3. The molecule has 4 heteroatoms. The Morgan fingerprint density at radius 2 is 1.08 bits per heavy atom. The first-order valence-corrected chi connectivity index (χ1v) is 20.4. The first-order chi connectivity index (χ1) is 29.5. The van der Waals surface area contributed by atoms with Crippen molar-refractivity contribution in [3.05, 3.63) is 217 Å². The second kappa shape index (κ2) is 13.9. The number of nitrogens with zero attached hydrogens (tertiary/aromatic N) is 3. The second-order valence-corrected chi connectivity index (χ2v) is 16.0. The lowest BCUT2D eigenvalue weighted by molar-refractivity contribution is 0.660. The van der Waals surface area contributed by atoms with E-state index in [9.17, 15) is 5.26 Å². The van der Waals surface area contributed by atoms with Crippen molar-refractivity contribution in [2.75, 3.05) is 4.90 Å². The number of nitriles is 1. The summed E-state index contributed by atoms with van der Waals surface area (Å²) in [5, 5.41) is 11.6. The van der Waals surface area contributed by atoms with Gasteiger partial charge in [-0.15, -0.1) is 0 Å². The number of aromatic nitrogens is 1. The van der Waals surface area contributed by atoms with E-state index in [4.69, 9.17) is 4.42 Å². The number of hydrogen-bond donors (Lipinski definition) is 0. The number of hydrogen-bond acceptors (Lipinski definition) is 3. The molecule has 0 saturated heterocycles. The van der Waals surface area contributed by atoms with Crippen LogP contribution < -0.4 is 4.90 Å². The zero-order chi connectivity index (χ0) is 40.4. The van der Waals surface area contributed by atoms with Crippen molar-refractivity contribution in [3.8, 4) is 56.5 Å². The van der Waals surface area contributed by atoms with Gasteiger partial charge in [0.15, 0.2) is 0 Å². The molecule has 0 atom stereocenters. The number of benzene rings is 8. The highest BCUT2D eigenvalue weighted by Crippen LogP contribution is 2.61. The largest absolute Gasteiger partial charge is 0.456 e.